The lowest BCUT2D eigenvalue weighted by Crippen LogP contribution is -2.30. The number of unbranched alkanes of at least 4 members (excludes halogenated alkanes) is 1. The summed E-state index contributed by atoms with van der Waals surface area (Å²) >= 11 is 1.43. The van der Waals surface area contributed by atoms with Gasteiger partial charge in [0.2, 0.25) is 0 Å². The molecule has 1 amide bonds. The normalized spacial score (nSPS) is 16.6. The maximum absolute atomic E-state index is 13.3. The highest BCUT2D eigenvalue weighted by Crippen LogP contribution is 2.38. The molecule has 5 heteroatoms. The molecule has 0 spiro atoms. The topological polar surface area (TPSA) is 41.9 Å². The molecule has 0 N–H and O–H groups in total. The third kappa shape index (κ3) is 4.52. The van der Waals surface area contributed by atoms with Crippen LogP contribution in [0.15, 0.2) is 70.6 Å². The van der Waals surface area contributed by atoms with Gasteiger partial charge in [-0.3, -0.25) is 9.69 Å². The van der Waals surface area contributed by atoms with Crippen LogP contribution in [-0.4, -0.2) is 29.6 Å². The van der Waals surface area contributed by atoms with E-state index in [1.807, 2.05) is 54.6 Å². The fourth-order valence-electron chi connectivity index (χ4n) is 3.57. The van der Waals surface area contributed by atoms with E-state index in [-0.39, 0.29) is 5.91 Å². The van der Waals surface area contributed by atoms with E-state index >= 15 is 0 Å². The molecule has 3 aromatic carbocycles. The van der Waals surface area contributed by atoms with Crippen molar-refractivity contribution in [3.05, 3.63) is 76.7 Å². The van der Waals surface area contributed by atoms with Crippen LogP contribution in [-0.2, 0) is 4.79 Å². The number of fused-ring (bicyclic) bond motifs is 1. The number of carbonyl (C=O) groups is 1. The Kier molecular flexibility index (Phi) is 6.42. The number of thioether (sulfide) groups is 1. The van der Waals surface area contributed by atoms with Gasteiger partial charge in [0.05, 0.1) is 17.7 Å². The molecule has 1 aliphatic heterocycles. The number of aryl methyl sites for hydroxylation is 1. The van der Waals surface area contributed by atoms with E-state index in [1.165, 1.54) is 17.3 Å². The SMILES string of the molecule is CCCCN1C(=O)/C(=C\c2c(OC)ccc3ccccc23)SC1=Nc1ccc(C)cc1. The Bertz CT molecular complexity index is 1170. The Morgan fingerprint density at radius 1 is 1.06 bits per heavy atom. The highest BCUT2D eigenvalue weighted by atomic mass is 32.2. The Morgan fingerprint density at radius 2 is 1.84 bits per heavy atom. The molecule has 1 fully saturated rings. The number of nitrogens with zero attached hydrogens (tertiary/aromatic N) is 2. The fraction of sp³-hybridized carbons (Fsp3) is 0.231. The molecule has 0 bridgehead atoms. The molecule has 1 aliphatic rings. The van der Waals surface area contributed by atoms with Crippen molar-refractivity contribution in [3.8, 4) is 5.75 Å². The van der Waals surface area contributed by atoms with Crippen molar-refractivity contribution in [2.24, 2.45) is 4.99 Å². The highest BCUT2D eigenvalue weighted by Gasteiger charge is 2.33. The molecular formula is C26H26N2O2S. The zero-order chi connectivity index (χ0) is 21.8. The van der Waals surface area contributed by atoms with Gasteiger partial charge in [0.1, 0.15) is 5.75 Å². The third-order valence-corrected chi connectivity index (χ3v) is 6.31. The summed E-state index contributed by atoms with van der Waals surface area (Å²) in [5.41, 5.74) is 2.96. The molecule has 1 saturated heterocycles. The summed E-state index contributed by atoms with van der Waals surface area (Å²) in [6.45, 7) is 4.84. The van der Waals surface area contributed by atoms with Gasteiger partial charge < -0.3 is 4.74 Å². The number of aliphatic imine (C=N–C) groups is 1. The zero-order valence-corrected chi connectivity index (χ0v) is 18.9. The summed E-state index contributed by atoms with van der Waals surface area (Å²) in [7, 11) is 1.66. The van der Waals surface area contributed by atoms with Crippen LogP contribution in [0.4, 0.5) is 5.69 Å². The number of hydrogen-bond acceptors (Lipinski definition) is 4. The minimum Gasteiger partial charge on any atom is -0.496 e. The van der Waals surface area contributed by atoms with Gasteiger partial charge in [-0.25, -0.2) is 4.99 Å². The molecule has 158 valence electrons. The lowest BCUT2D eigenvalue weighted by molar-refractivity contribution is -0.122. The van der Waals surface area contributed by atoms with Gasteiger partial charge in [0, 0.05) is 12.1 Å². The molecule has 0 atom stereocenters. The quantitative estimate of drug-likeness (QED) is 0.416. The number of methoxy groups -OCH3 is 1. The summed E-state index contributed by atoms with van der Waals surface area (Å²) in [6, 6.07) is 20.2. The van der Waals surface area contributed by atoms with Crippen LogP contribution in [0.5, 0.6) is 5.75 Å². The number of ether oxygens (including phenoxy) is 1. The minimum atomic E-state index is -0.000649. The number of hydrogen-bond donors (Lipinski definition) is 0. The van der Waals surface area contributed by atoms with Gasteiger partial charge in [0.15, 0.2) is 5.17 Å². The van der Waals surface area contributed by atoms with Gasteiger partial charge in [-0.15, -0.1) is 0 Å². The second-order valence-electron chi connectivity index (χ2n) is 7.55. The predicted octanol–water partition coefficient (Wildman–Crippen LogP) is 6.56. The zero-order valence-electron chi connectivity index (χ0n) is 18.1. The third-order valence-electron chi connectivity index (χ3n) is 5.31. The number of carbonyl (C=O) groups excluding carboxylic acids is 1. The number of benzene rings is 3. The average Bonchev–Trinajstić information content (AvgIpc) is 3.08. The lowest BCUT2D eigenvalue weighted by Gasteiger charge is -2.15. The summed E-state index contributed by atoms with van der Waals surface area (Å²) in [5.74, 6) is 0.753. The Hall–Kier alpha value is -3.05. The second kappa shape index (κ2) is 9.40. The van der Waals surface area contributed by atoms with E-state index in [2.05, 4.69) is 26.0 Å². The molecule has 0 unspecified atom stereocenters. The van der Waals surface area contributed by atoms with E-state index in [0.717, 1.165) is 45.8 Å². The monoisotopic (exact) mass is 430 g/mol. The first-order valence-corrected chi connectivity index (χ1v) is 11.3. The average molecular weight is 431 g/mol. The second-order valence-corrected chi connectivity index (χ2v) is 8.56. The van der Waals surface area contributed by atoms with Crippen molar-refractivity contribution in [2.45, 2.75) is 26.7 Å². The van der Waals surface area contributed by atoms with Crippen molar-refractivity contribution in [3.63, 3.8) is 0 Å². The Morgan fingerprint density at radius 3 is 2.58 bits per heavy atom. The van der Waals surface area contributed by atoms with Crippen LogP contribution in [0.1, 0.15) is 30.9 Å². The van der Waals surface area contributed by atoms with Crippen LogP contribution in [0.3, 0.4) is 0 Å². The molecular weight excluding hydrogens is 404 g/mol. The first kappa shape index (κ1) is 21.2. The van der Waals surface area contributed by atoms with Crippen LogP contribution in [0.2, 0.25) is 0 Å². The summed E-state index contributed by atoms with van der Waals surface area (Å²) < 4.78 is 5.62. The van der Waals surface area contributed by atoms with E-state index in [0.29, 0.717) is 11.4 Å². The molecule has 31 heavy (non-hydrogen) atoms. The number of amides is 1. The molecule has 3 aromatic rings. The molecule has 0 aromatic heterocycles. The van der Waals surface area contributed by atoms with Crippen molar-refractivity contribution < 1.29 is 9.53 Å². The van der Waals surface area contributed by atoms with Crippen LogP contribution < -0.4 is 4.74 Å². The lowest BCUT2D eigenvalue weighted by atomic mass is 10.0. The summed E-state index contributed by atoms with van der Waals surface area (Å²) in [4.78, 5) is 20.6. The van der Waals surface area contributed by atoms with Crippen LogP contribution in [0.25, 0.3) is 16.8 Å². The summed E-state index contributed by atoms with van der Waals surface area (Å²) in [6.07, 6.45) is 3.90. The van der Waals surface area contributed by atoms with E-state index in [9.17, 15) is 4.79 Å². The van der Waals surface area contributed by atoms with Crippen LogP contribution >= 0.6 is 11.8 Å². The van der Waals surface area contributed by atoms with E-state index in [1.54, 1.807) is 12.0 Å². The van der Waals surface area contributed by atoms with Crippen molar-refractivity contribution in [1.82, 2.24) is 4.90 Å². The first-order valence-electron chi connectivity index (χ1n) is 10.5. The molecule has 4 rings (SSSR count). The smallest absolute Gasteiger partial charge is 0.266 e. The van der Waals surface area contributed by atoms with Crippen molar-refractivity contribution >= 4 is 45.4 Å². The summed E-state index contributed by atoms with van der Waals surface area (Å²) in [5, 5.41) is 2.90. The van der Waals surface area contributed by atoms with Gasteiger partial charge in [0.25, 0.3) is 5.91 Å². The highest BCUT2D eigenvalue weighted by molar-refractivity contribution is 8.18. The van der Waals surface area contributed by atoms with Gasteiger partial charge >= 0.3 is 0 Å². The van der Waals surface area contributed by atoms with Gasteiger partial charge in [-0.1, -0.05) is 61.4 Å². The van der Waals surface area contributed by atoms with Crippen molar-refractivity contribution in [2.75, 3.05) is 13.7 Å². The Labute approximate surface area is 187 Å². The predicted molar refractivity (Wildman–Crippen MR) is 131 cm³/mol. The van der Waals surface area contributed by atoms with Gasteiger partial charge in [-0.05, 0) is 60.2 Å². The number of rotatable bonds is 6. The van der Waals surface area contributed by atoms with E-state index < -0.39 is 0 Å². The standard InChI is InChI=1S/C26H26N2O2S/c1-4-5-16-28-25(29)24(31-26(28)27-20-13-10-18(2)11-14-20)17-22-21-9-7-6-8-19(21)12-15-23(22)30-3/h6-15,17H,4-5,16H2,1-3H3/b24-17+,27-26?. The molecule has 1 heterocycles. The largest absolute Gasteiger partial charge is 0.496 e. The molecule has 4 nitrogen and oxygen atoms in total. The molecule has 0 radical (unpaired) electrons. The maximum atomic E-state index is 13.3. The number of amidine groups is 1. The maximum Gasteiger partial charge on any atom is 0.266 e. The fourth-order valence-corrected chi connectivity index (χ4v) is 4.57. The molecule has 0 aliphatic carbocycles. The minimum absolute atomic E-state index is 0.000649. The van der Waals surface area contributed by atoms with E-state index in [4.69, 9.17) is 9.73 Å². The Balaban J connectivity index is 1.77. The first-order chi connectivity index (χ1) is 15.1. The molecule has 0 saturated carbocycles. The van der Waals surface area contributed by atoms with Crippen molar-refractivity contribution in [1.29, 1.82) is 0 Å². The van der Waals surface area contributed by atoms with Gasteiger partial charge in [-0.2, -0.15) is 0 Å². The van der Waals surface area contributed by atoms with Crippen LogP contribution in [0, 0.1) is 6.92 Å².